The van der Waals surface area contributed by atoms with E-state index in [-0.39, 0.29) is 89.5 Å². The SMILES string of the molecule is CCCCc1nc2c([nH]1)c(N)nc1ccc(N3CCN(CCOCCC(=O)NCCOCCOCCN4C(=O)C=CC4=O)CC3)cc12.CCCCc1nc2c([nH]1)c(N)nc1ccc(N3CCN(CCOCCC(=O)Oc4c(F)c(F)cc(F)c4F)CC3)cc12.O=C1C=CC(=O)N1CCOCCOCCNC(=O)C(F)(F)F. The highest BCUT2D eigenvalue weighted by molar-refractivity contribution is 6.13. The van der Waals surface area contributed by atoms with E-state index in [2.05, 4.69) is 81.6 Å². The molecule has 0 aliphatic carbocycles. The molecule has 6 amide bonds. The van der Waals surface area contributed by atoms with Crippen molar-refractivity contribution < 1.29 is 97.5 Å². The minimum Gasteiger partial charge on any atom is -0.420 e. The van der Waals surface area contributed by atoms with Gasteiger partial charge in [-0.2, -0.15) is 22.0 Å². The standard InChI is InChI=1S/C33H46N8O6.C29H32F4N6O3.C12H15F3N2O5/c1-2-3-4-27-37-31-25-23-24(5-6-26(25)36-33(34)32(31)38-27)40-13-11-39(12-14-40)15-19-45-17-9-28(42)35-10-18-46-21-22-47-20-16-41-29(43)7-8-30(41)44;1-2-3-4-22-36-26-18-15-17(5-6-21(18)35-29(34)27(26)37-22)39-10-8-38(9-11-39)12-14-41-13-7-23(40)42-28-24(32)19(30)16-20(31)25(28)33;13-12(14,15)11(20)16-3-5-21-7-8-22-6-4-17-9(18)1-2-10(17)19/h5-8,23H,2-4,9-22H2,1H3,(H2,34,36)(H,35,42)(H,37,38);5-6,15-16H,2-4,7-14H2,1H3,(H2,34,35)(H,36,37);1-2H,3-8H2,(H,16,20). The van der Waals surface area contributed by atoms with E-state index in [9.17, 15) is 64.3 Å². The van der Waals surface area contributed by atoms with E-state index in [0.717, 1.165) is 174 Å². The molecule has 2 fully saturated rings. The van der Waals surface area contributed by atoms with Crippen LogP contribution in [0.15, 0.2) is 66.8 Å². The van der Waals surface area contributed by atoms with Crippen LogP contribution in [0.25, 0.3) is 43.9 Å². The van der Waals surface area contributed by atoms with E-state index in [4.69, 9.17) is 49.9 Å². The monoisotopic (exact) mass is 1560 g/mol. The Balaban J connectivity index is 0.000000204. The number of pyridine rings is 2. The van der Waals surface area contributed by atoms with Crippen molar-refractivity contribution in [3.05, 3.63) is 102 Å². The van der Waals surface area contributed by atoms with Crippen LogP contribution in [0, 0.1) is 23.3 Å². The number of piperazine rings is 2. The molecular formula is C74H93F7N16O14. The number of imide groups is 2. The molecule has 0 bridgehead atoms. The summed E-state index contributed by atoms with van der Waals surface area (Å²) in [6, 6.07) is 12.5. The molecule has 4 aliphatic heterocycles. The third-order valence-electron chi connectivity index (χ3n) is 18.1. The second kappa shape index (κ2) is 42.4. The predicted octanol–water partition coefficient (Wildman–Crippen LogP) is 5.99. The van der Waals surface area contributed by atoms with Crippen molar-refractivity contribution in [3.8, 4) is 5.75 Å². The number of fused-ring (bicyclic) bond motifs is 6. The quantitative estimate of drug-likeness (QED) is 0.00643. The number of alkyl halides is 3. The number of ether oxygens (including phenoxy) is 7. The van der Waals surface area contributed by atoms with Gasteiger partial charge < -0.3 is 75.0 Å². The highest BCUT2D eigenvalue weighted by Gasteiger charge is 2.38. The van der Waals surface area contributed by atoms with Gasteiger partial charge in [-0.15, -0.1) is 0 Å². The minimum atomic E-state index is -4.90. The van der Waals surface area contributed by atoms with Gasteiger partial charge in [0.05, 0.1) is 110 Å². The number of aryl methyl sites for hydroxylation is 2. The van der Waals surface area contributed by atoms with Gasteiger partial charge in [0.2, 0.25) is 23.3 Å². The first-order valence-corrected chi connectivity index (χ1v) is 36.8. The number of nitrogen functional groups attached to an aromatic ring is 2. The van der Waals surface area contributed by atoms with Crippen LogP contribution in [-0.2, 0) is 74.8 Å². The first kappa shape index (κ1) is 85.0. The van der Waals surface area contributed by atoms with Crippen molar-refractivity contribution in [1.29, 1.82) is 0 Å². The molecule has 3 aromatic carbocycles. The molecule has 8 N–H and O–H groups in total. The van der Waals surface area contributed by atoms with Gasteiger partial charge in [0.15, 0.2) is 11.6 Å². The van der Waals surface area contributed by atoms with Gasteiger partial charge >= 0.3 is 18.1 Å². The zero-order valence-electron chi connectivity index (χ0n) is 61.9. The van der Waals surface area contributed by atoms with Crippen molar-refractivity contribution in [3.63, 3.8) is 0 Å². The Morgan fingerprint density at radius 2 is 0.892 bits per heavy atom. The molecule has 0 saturated carbocycles. The van der Waals surface area contributed by atoms with Gasteiger partial charge in [-0.05, 0) is 49.2 Å². The molecular weight excluding hydrogens is 1470 g/mol. The summed E-state index contributed by atoms with van der Waals surface area (Å²) in [5, 5.41) is 6.45. The average Bonchev–Trinajstić information content (AvgIpc) is 1.69. The molecule has 0 spiro atoms. The number of hydrogen-bond acceptors (Lipinski definition) is 24. The Morgan fingerprint density at radius 1 is 0.495 bits per heavy atom. The van der Waals surface area contributed by atoms with Crippen molar-refractivity contribution in [2.45, 2.75) is 71.4 Å². The number of H-pyrrole nitrogens is 2. The van der Waals surface area contributed by atoms with Crippen molar-refractivity contribution >= 4 is 108 Å². The van der Waals surface area contributed by atoms with Gasteiger partial charge in [0.25, 0.3) is 23.6 Å². The van der Waals surface area contributed by atoms with Gasteiger partial charge in [-0.3, -0.25) is 53.2 Å². The summed E-state index contributed by atoms with van der Waals surface area (Å²) in [6.45, 7) is 15.9. The molecule has 0 unspecified atom stereocenters. The summed E-state index contributed by atoms with van der Waals surface area (Å²) < 4.78 is 126. The molecule has 111 heavy (non-hydrogen) atoms. The van der Waals surface area contributed by atoms with Crippen LogP contribution < -0.4 is 36.6 Å². The maximum atomic E-state index is 13.7. The second-order valence-corrected chi connectivity index (χ2v) is 25.9. The fourth-order valence-corrected chi connectivity index (χ4v) is 12.0. The van der Waals surface area contributed by atoms with Gasteiger partial charge in [-0.1, -0.05) is 26.7 Å². The molecule has 7 aromatic rings. The lowest BCUT2D eigenvalue weighted by molar-refractivity contribution is -0.173. The van der Waals surface area contributed by atoms with Crippen LogP contribution in [-0.4, -0.2) is 268 Å². The third-order valence-corrected chi connectivity index (χ3v) is 18.1. The number of carbonyl (C=O) groups is 7. The van der Waals surface area contributed by atoms with Crippen molar-refractivity contribution in [2.75, 3.05) is 192 Å². The number of rotatable bonds is 39. The lowest BCUT2D eigenvalue weighted by atomic mass is 10.1. The summed E-state index contributed by atoms with van der Waals surface area (Å²) >= 11 is 0. The van der Waals surface area contributed by atoms with Crippen LogP contribution >= 0.6 is 0 Å². The number of benzene rings is 3. The maximum absolute atomic E-state index is 13.7. The van der Waals surface area contributed by atoms with Gasteiger partial charge in [-0.25, -0.2) is 28.7 Å². The highest BCUT2D eigenvalue weighted by atomic mass is 19.4. The number of nitrogens with zero attached hydrogens (tertiary/aromatic N) is 10. The number of nitrogens with two attached hydrogens (primary N) is 2. The van der Waals surface area contributed by atoms with E-state index < -0.39 is 58.9 Å². The Morgan fingerprint density at radius 3 is 1.32 bits per heavy atom. The van der Waals surface area contributed by atoms with Crippen LogP contribution in [0.5, 0.6) is 5.75 Å². The highest BCUT2D eigenvalue weighted by Crippen LogP contribution is 2.33. The summed E-state index contributed by atoms with van der Waals surface area (Å²) in [4.78, 5) is 117. The number of carbonyl (C=O) groups excluding carboxylic acids is 7. The number of nitrogens with one attached hydrogen (secondary N) is 4. The first-order valence-electron chi connectivity index (χ1n) is 36.8. The fourth-order valence-electron chi connectivity index (χ4n) is 12.0. The van der Waals surface area contributed by atoms with E-state index in [0.29, 0.717) is 70.8 Å². The van der Waals surface area contributed by atoms with Gasteiger partial charge in [0.1, 0.15) is 45.4 Å². The Bertz CT molecular complexity index is 4340. The van der Waals surface area contributed by atoms with E-state index in [1.807, 2.05) is 18.2 Å². The number of aromatic amines is 2. The average molecular weight is 1560 g/mol. The number of amides is 6. The molecule has 30 nitrogen and oxygen atoms in total. The molecule has 0 radical (unpaired) electrons. The normalized spacial score (nSPS) is 14.9. The van der Waals surface area contributed by atoms with Crippen LogP contribution in [0.1, 0.15) is 64.0 Å². The number of aromatic nitrogens is 6. The molecule has 602 valence electrons. The molecule has 37 heteroatoms. The van der Waals surface area contributed by atoms with E-state index in [1.54, 1.807) is 5.32 Å². The van der Waals surface area contributed by atoms with Crippen molar-refractivity contribution in [2.24, 2.45) is 0 Å². The molecule has 4 aliphatic rings. The third kappa shape index (κ3) is 25.0. The number of imidazole rings is 2. The number of unbranched alkanes of at least 4 members (excludes halogenated alkanes) is 2. The Kier molecular flexibility index (Phi) is 32.5. The smallest absolute Gasteiger partial charge is 0.420 e. The lowest BCUT2D eigenvalue weighted by Gasteiger charge is -2.36. The summed E-state index contributed by atoms with van der Waals surface area (Å²) in [5.41, 5.74) is 19.7. The Hall–Kier alpha value is -10.0. The van der Waals surface area contributed by atoms with E-state index >= 15 is 0 Å². The molecule has 4 aromatic heterocycles. The Labute approximate surface area is 634 Å². The minimum absolute atomic E-state index is 0.0442. The maximum Gasteiger partial charge on any atom is 0.471 e. The summed E-state index contributed by atoms with van der Waals surface area (Å²) in [6.07, 6.45) is 5.96. The zero-order valence-corrected chi connectivity index (χ0v) is 61.9. The topological polar surface area (TPSA) is 363 Å². The zero-order chi connectivity index (χ0) is 79.4. The number of halogens is 7. The fraction of sp³-hybridized carbons (Fsp3) is 0.500. The molecule has 2 saturated heterocycles. The largest absolute Gasteiger partial charge is 0.471 e. The van der Waals surface area contributed by atoms with Crippen LogP contribution in [0.3, 0.4) is 0 Å². The predicted molar refractivity (Wildman–Crippen MR) is 396 cm³/mol. The molecule has 0 atom stereocenters. The van der Waals surface area contributed by atoms with Crippen molar-refractivity contribution in [1.82, 2.24) is 60.1 Å². The molecule has 11 rings (SSSR count). The lowest BCUT2D eigenvalue weighted by Crippen LogP contribution is -2.47. The van der Waals surface area contributed by atoms with Gasteiger partial charge in [0, 0.05) is 150 Å². The molecule has 8 heterocycles. The van der Waals surface area contributed by atoms with Crippen LogP contribution in [0.2, 0.25) is 0 Å². The first-order chi connectivity index (χ1) is 53.5. The number of hydrogen-bond donors (Lipinski definition) is 6. The second-order valence-electron chi connectivity index (χ2n) is 25.9. The number of esters is 1. The van der Waals surface area contributed by atoms with Crippen LogP contribution in [0.4, 0.5) is 53.7 Å². The summed E-state index contributed by atoms with van der Waals surface area (Å²) in [5.74, 6) is -10.0. The number of anilines is 4. The van der Waals surface area contributed by atoms with E-state index in [1.165, 1.54) is 24.3 Å². The summed E-state index contributed by atoms with van der Waals surface area (Å²) in [7, 11) is 0.